The fraction of sp³-hybridized carbons (Fsp3) is 0.500. The number of aromatic nitrogens is 2. The molecule has 2 fully saturated rings. The molecule has 0 unspecified atom stereocenters. The number of methoxy groups -OCH3 is 1. The third-order valence-corrected chi connectivity index (χ3v) is 7.62. The second-order valence-corrected chi connectivity index (χ2v) is 10.7. The first kappa shape index (κ1) is 29.4. The van der Waals surface area contributed by atoms with Crippen LogP contribution in [0.4, 0.5) is 23.0 Å². The number of amides is 2. The molecule has 2 aliphatic heterocycles. The minimum atomic E-state index is -0.314. The zero-order chi connectivity index (χ0) is 28.8. The molecule has 0 radical (unpaired) electrons. The number of carbonyl (C=O) groups is 2. The highest BCUT2D eigenvalue weighted by atomic mass is 35.5. The number of likely N-dealkylation sites (tertiary alicyclic amines) is 1. The average Bonchev–Trinajstić information content (AvgIpc) is 2.95. The van der Waals surface area contributed by atoms with Gasteiger partial charge in [-0.05, 0) is 51.9 Å². The number of halogens is 1. The van der Waals surface area contributed by atoms with E-state index in [2.05, 4.69) is 51.1 Å². The smallest absolute Gasteiger partial charge is 0.247 e. The fourth-order valence-corrected chi connectivity index (χ4v) is 5.23. The van der Waals surface area contributed by atoms with Crippen molar-refractivity contribution < 1.29 is 19.1 Å². The Balaban J connectivity index is 1.58. The number of piperidine rings is 2. The van der Waals surface area contributed by atoms with Crippen LogP contribution in [0.3, 0.4) is 0 Å². The summed E-state index contributed by atoms with van der Waals surface area (Å²) in [6.07, 6.45) is 6.14. The molecule has 2 amide bonds. The summed E-state index contributed by atoms with van der Waals surface area (Å²) < 4.78 is 11.8. The molecule has 11 nitrogen and oxygen atoms in total. The van der Waals surface area contributed by atoms with Crippen LogP contribution in [0.2, 0.25) is 5.02 Å². The van der Waals surface area contributed by atoms with Crippen molar-refractivity contribution in [2.24, 2.45) is 0 Å². The van der Waals surface area contributed by atoms with E-state index in [4.69, 9.17) is 21.1 Å². The van der Waals surface area contributed by atoms with Gasteiger partial charge in [-0.3, -0.25) is 9.59 Å². The number of carbonyl (C=O) groups excluding carboxylic acids is 2. The van der Waals surface area contributed by atoms with E-state index in [1.165, 1.54) is 12.3 Å². The van der Waals surface area contributed by atoms with Gasteiger partial charge in [0.2, 0.25) is 23.6 Å². The summed E-state index contributed by atoms with van der Waals surface area (Å²) in [5.74, 6) is 0.741. The maximum Gasteiger partial charge on any atom is 0.247 e. The molecule has 0 aliphatic carbocycles. The normalized spacial score (nSPS) is 17.9. The van der Waals surface area contributed by atoms with Gasteiger partial charge in [0.05, 0.1) is 36.9 Å². The first-order valence-electron chi connectivity index (χ1n) is 13.5. The summed E-state index contributed by atoms with van der Waals surface area (Å²) in [7, 11) is 5.79. The van der Waals surface area contributed by atoms with Crippen LogP contribution < -0.4 is 25.0 Å². The molecule has 0 saturated carbocycles. The maximum atomic E-state index is 12.3. The SMILES string of the molecule is C=CC(=O)Nc1cc(Nc2ncc(Cl)c(O[C@H]3CCCN(C(C)=O)C3)n2)c(OC)cc1N1CCC(N(C)C)CC1. The Morgan fingerprint density at radius 1 is 1.18 bits per heavy atom. The molecule has 40 heavy (non-hydrogen) atoms. The van der Waals surface area contributed by atoms with Crippen LogP contribution in [0, 0.1) is 0 Å². The van der Waals surface area contributed by atoms with Crippen LogP contribution in [0.15, 0.2) is 31.0 Å². The second kappa shape index (κ2) is 13.2. The summed E-state index contributed by atoms with van der Waals surface area (Å²) >= 11 is 6.36. The van der Waals surface area contributed by atoms with Crippen LogP contribution in [0.1, 0.15) is 32.6 Å². The fourth-order valence-electron chi connectivity index (χ4n) is 5.10. The molecule has 2 N–H and O–H groups in total. The number of hydrogen-bond donors (Lipinski definition) is 2. The second-order valence-electron chi connectivity index (χ2n) is 10.3. The number of nitrogens with zero attached hydrogens (tertiary/aromatic N) is 5. The highest BCUT2D eigenvalue weighted by Crippen LogP contribution is 2.39. The molecule has 2 aliphatic rings. The van der Waals surface area contributed by atoms with Gasteiger partial charge in [0.1, 0.15) is 16.9 Å². The molecular weight excluding hydrogens is 534 g/mol. The summed E-state index contributed by atoms with van der Waals surface area (Å²) in [6.45, 7) is 8.03. The Bertz CT molecular complexity index is 1230. The number of anilines is 4. The molecule has 1 aromatic heterocycles. The third-order valence-electron chi connectivity index (χ3n) is 7.36. The lowest BCUT2D eigenvalue weighted by molar-refractivity contribution is -0.131. The van der Waals surface area contributed by atoms with E-state index in [0.29, 0.717) is 36.3 Å². The van der Waals surface area contributed by atoms with Crippen molar-refractivity contribution in [1.82, 2.24) is 19.8 Å². The van der Waals surface area contributed by atoms with E-state index in [1.54, 1.807) is 25.0 Å². The van der Waals surface area contributed by atoms with Gasteiger partial charge in [0.25, 0.3) is 0 Å². The summed E-state index contributed by atoms with van der Waals surface area (Å²) in [4.78, 5) is 39.2. The zero-order valence-corrected chi connectivity index (χ0v) is 24.3. The lowest BCUT2D eigenvalue weighted by Crippen LogP contribution is -2.43. The van der Waals surface area contributed by atoms with Crippen LogP contribution >= 0.6 is 11.6 Å². The van der Waals surface area contributed by atoms with Crippen molar-refractivity contribution in [2.75, 3.05) is 62.9 Å². The van der Waals surface area contributed by atoms with Crippen LogP contribution in [-0.4, -0.2) is 91.1 Å². The van der Waals surface area contributed by atoms with Gasteiger partial charge in [0, 0.05) is 38.7 Å². The van der Waals surface area contributed by atoms with E-state index in [-0.39, 0.29) is 34.8 Å². The van der Waals surface area contributed by atoms with E-state index >= 15 is 0 Å². The van der Waals surface area contributed by atoms with Gasteiger partial charge in [-0.1, -0.05) is 18.2 Å². The maximum absolute atomic E-state index is 12.3. The lowest BCUT2D eigenvalue weighted by atomic mass is 10.0. The van der Waals surface area contributed by atoms with Gasteiger partial charge < -0.3 is 34.8 Å². The van der Waals surface area contributed by atoms with Crippen molar-refractivity contribution in [1.29, 1.82) is 0 Å². The molecule has 12 heteroatoms. The minimum Gasteiger partial charge on any atom is -0.494 e. The average molecular weight is 572 g/mol. The van der Waals surface area contributed by atoms with Gasteiger partial charge in [-0.15, -0.1) is 0 Å². The first-order chi connectivity index (χ1) is 19.2. The topological polar surface area (TPSA) is 112 Å². The molecule has 2 aromatic rings. The summed E-state index contributed by atoms with van der Waals surface area (Å²) in [6, 6.07) is 4.23. The molecule has 4 rings (SSSR count). The van der Waals surface area contributed by atoms with E-state index in [1.807, 2.05) is 6.07 Å². The van der Waals surface area contributed by atoms with E-state index in [0.717, 1.165) is 44.5 Å². The molecule has 1 atom stereocenters. The Hall–Kier alpha value is -3.57. The Morgan fingerprint density at radius 2 is 1.93 bits per heavy atom. The van der Waals surface area contributed by atoms with E-state index < -0.39 is 0 Å². The monoisotopic (exact) mass is 571 g/mol. The van der Waals surface area contributed by atoms with Crippen molar-refractivity contribution in [2.45, 2.75) is 44.8 Å². The predicted octanol–water partition coefficient (Wildman–Crippen LogP) is 3.93. The van der Waals surface area contributed by atoms with E-state index in [9.17, 15) is 9.59 Å². The molecule has 1 aromatic carbocycles. The summed E-state index contributed by atoms with van der Waals surface area (Å²) in [5.41, 5.74) is 2.04. The molecule has 216 valence electrons. The molecule has 2 saturated heterocycles. The summed E-state index contributed by atoms with van der Waals surface area (Å²) in [5, 5.41) is 6.39. The number of benzene rings is 1. The van der Waals surface area contributed by atoms with Crippen molar-refractivity contribution in [3.8, 4) is 11.6 Å². The number of hydrogen-bond acceptors (Lipinski definition) is 9. The molecular formula is C28H38ClN7O4. The van der Waals surface area contributed by atoms with Gasteiger partial charge >= 0.3 is 0 Å². The predicted molar refractivity (Wildman–Crippen MR) is 157 cm³/mol. The quantitative estimate of drug-likeness (QED) is 0.432. The van der Waals surface area contributed by atoms with Gasteiger partial charge in [-0.25, -0.2) is 4.98 Å². The number of rotatable bonds is 9. The van der Waals surface area contributed by atoms with Crippen LogP contribution in [0.25, 0.3) is 0 Å². The largest absolute Gasteiger partial charge is 0.494 e. The van der Waals surface area contributed by atoms with Crippen molar-refractivity contribution in [3.05, 3.63) is 36.0 Å². The van der Waals surface area contributed by atoms with Gasteiger partial charge in [-0.2, -0.15) is 4.98 Å². The van der Waals surface area contributed by atoms with Crippen LogP contribution in [0.5, 0.6) is 11.6 Å². The lowest BCUT2D eigenvalue weighted by Gasteiger charge is -2.37. The van der Waals surface area contributed by atoms with Crippen molar-refractivity contribution >= 4 is 46.4 Å². The van der Waals surface area contributed by atoms with Crippen molar-refractivity contribution in [3.63, 3.8) is 0 Å². The zero-order valence-electron chi connectivity index (χ0n) is 23.6. The Morgan fingerprint density at radius 3 is 2.58 bits per heavy atom. The first-order valence-corrected chi connectivity index (χ1v) is 13.8. The minimum absolute atomic E-state index is 0.0152. The van der Waals surface area contributed by atoms with Gasteiger partial charge in [0.15, 0.2) is 0 Å². The Labute approximate surface area is 240 Å². The standard InChI is InChI=1S/C28H38ClN7O4/c1-6-26(38)31-22-14-23(25(39-5)15-24(22)35-12-9-19(10-13-35)34(3)4)32-28-30-16-21(29)27(33-28)40-20-8-7-11-36(17-20)18(2)37/h6,14-16,19-20H,1,7-13,17H2,2-5H3,(H,31,38)(H,30,32,33)/t20-/m0/s1. The molecule has 0 bridgehead atoms. The molecule has 3 heterocycles. The number of nitrogens with one attached hydrogen (secondary N) is 2. The number of ether oxygens (including phenoxy) is 2. The highest BCUT2D eigenvalue weighted by molar-refractivity contribution is 6.31. The molecule has 0 spiro atoms. The third kappa shape index (κ3) is 7.14. The van der Waals surface area contributed by atoms with Crippen LogP contribution in [-0.2, 0) is 9.59 Å². The Kier molecular flexibility index (Phi) is 9.70. The highest BCUT2D eigenvalue weighted by Gasteiger charge is 2.26.